The van der Waals surface area contributed by atoms with Crippen molar-refractivity contribution in [3.05, 3.63) is 15.7 Å². The van der Waals surface area contributed by atoms with E-state index >= 15 is 0 Å². The molecular formula is C20H24ClN3O4S. The van der Waals surface area contributed by atoms with Crippen LogP contribution in [0.2, 0.25) is 5.28 Å². The van der Waals surface area contributed by atoms with Gasteiger partial charge in [0.2, 0.25) is 5.28 Å². The van der Waals surface area contributed by atoms with Crippen molar-refractivity contribution in [3.63, 3.8) is 0 Å². The van der Waals surface area contributed by atoms with E-state index in [4.69, 9.17) is 16.3 Å². The number of fused-ring (bicyclic) bond motifs is 1. The molecule has 1 N–H and O–H groups in total. The van der Waals surface area contributed by atoms with Gasteiger partial charge in [0.25, 0.3) is 0 Å². The van der Waals surface area contributed by atoms with Gasteiger partial charge in [-0.2, -0.15) is 4.98 Å². The summed E-state index contributed by atoms with van der Waals surface area (Å²) in [5, 5.41) is 10.3. The van der Waals surface area contributed by atoms with Crippen molar-refractivity contribution < 1.29 is 19.4 Å². The summed E-state index contributed by atoms with van der Waals surface area (Å²) in [4.78, 5) is 36.1. The molecule has 1 saturated heterocycles. The van der Waals surface area contributed by atoms with Gasteiger partial charge in [-0.3, -0.25) is 4.79 Å². The highest BCUT2D eigenvalue weighted by Crippen LogP contribution is 2.38. The molecule has 1 atom stereocenters. The maximum Gasteiger partial charge on any atom is 0.348 e. The first-order valence-corrected chi connectivity index (χ1v) is 11.3. The van der Waals surface area contributed by atoms with Gasteiger partial charge in [-0.25, -0.2) is 9.78 Å². The van der Waals surface area contributed by atoms with Gasteiger partial charge in [0, 0.05) is 13.1 Å². The zero-order valence-corrected chi connectivity index (χ0v) is 17.9. The van der Waals surface area contributed by atoms with Crippen LogP contribution in [0.1, 0.15) is 60.2 Å². The fourth-order valence-corrected chi connectivity index (χ4v) is 5.55. The summed E-state index contributed by atoms with van der Waals surface area (Å²) >= 11 is 7.43. The quantitative estimate of drug-likeness (QED) is 0.558. The molecule has 2 aromatic heterocycles. The lowest BCUT2D eigenvalue weighted by atomic mass is 9.98. The van der Waals surface area contributed by atoms with Crippen LogP contribution in [-0.4, -0.2) is 46.2 Å². The Morgan fingerprint density at radius 2 is 1.93 bits per heavy atom. The highest BCUT2D eigenvalue weighted by molar-refractivity contribution is 7.20. The Labute approximate surface area is 178 Å². The van der Waals surface area contributed by atoms with Gasteiger partial charge in [-0.15, -0.1) is 11.3 Å². The van der Waals surface area contributed by atoms with E-state index in [1.807, 2.05) is 11.8 Å². The molecule has 0 aromatic carbocycles. The molecule has 29 heavy (non-hydrogen) atoms. The largest absolute Gasteiger partial charge is 0.481 e. The first kappa shape index (κ1) is 20.3. The van der Waals surface area contributed by atoms with Crippen LogP contribution >= 0.6 is 22.9 Å². The van der Waals surface area contributed by atoms with Crippen LogP contribution in [0.4, 0.5) is 5.82 Å². The van der Waals surface area contributed by atoms with Crippen LogP contribution in [0.3, 0.4) is 0 Å². The molecule has 9 heteroatoms. The third-order valence-corrected chi connectivity index (χ3v) is 7.16. The first-order chi connectivity index (χ1) is 13.9. The summed E-state index contributed by atoms with van der Waals surface area (Å²) < 4.78 is 5.75. The summed E-state index contributed by atoms with van der Waals surface area (Å²) in [6, 6.07) is 0. The monoisotopic (exact) mass is 437 g/mol. The molecule has 156 valence electrons. The number of hydrogen-bond acceptors (Lipinski definition) is 7. The number of aliphatic carboxylic acids is 1. The lowest BCUT2D eigenvalue weighted by Crippen LogP contribution is -2.39. The van der Waals surface area contributed by atoms with E-state index in [2.05, 4.69) is 9.97 Å². The van der Waals surface area contributed by atoms with Gasteiger partial charge in [0.15, 0.2) is 0 Å². The Morgan fingerprint density at radius 3 is 2.66 bits per heavy atom. The second-order valence-electron chi connectivity index (χ2n) is 7.84. The number of rotatable bonds is 4. The van der Waals surface area contributed by atoms with Crippen LogP contribution < -0.4 is 4.90 Å². The number of ether oxygens (including phenoxy) is 1. The highest BCUT2D eigenvalue weighted by Gasteiger charge is 2.30. The molecule has 0 amide bonds. The van der Waals surface area contributed by atoms with E-state index in [1.165, 1.54) is 17.8 Å². The van der Waals surface area contributed by atoms with Gasteiger partial charge in [-0.05, 0) is 62.6 Å². The number of halogens is 1. The zero-order valence-electron chi connectivity index (χ0n) is 16.3. The molecule has 0 spiro atoms. The van der Waals surface area contributed by atoms with Gasteiger partial charge >= 0.3 is 11.9 Å². The van der Waals surface area contributed by atoms with E-state index < -0.39 is 11.9 Å². The number of carbonyl (C=O) groups excluding carboxylic acids is 1. The Bertz CT molecular complexity index is 941. The lowest BCUT2D eigenvalue weighted by Gasteiger charge is -2.32. The Hall–Kier alpha value is -1.93. The molecule has 1 aliphatic carbocycles. The van der Waals surface area contributed by atoms with Gasteiger partial charge < -0.3 is 14.7 Å². The first-order valence-electron chi connectivity index (χ1n) is 10.1. The minimum atomic E-state index is -0.801. The lowest BCUT2D eigenvalue weighted by molar-refractivity contribution is -0.141. The Balaban J connectivity index is 1.67. The number of thiophene rings is 1. The molecule has 2 fully saturated rings. The number of hydrogen-bond donors (Lipinski definition) is 1. The van der Waals surface area contributed by atoms with E-state index in [0.29, 0.717) is 35.0 Å². The minimum Gasteiger partial charge on any atom is -0.481 e. The number of aromatic nitrogens is 2. The Morgan fingerprint density at radius 1 is 1.17 bits per heavy atom. The van der Waals surface area contributed by atoms with Crippen LogP contribution in [0.15, 0.2) is 0 Å². The maximum atomic E-state index is 12.8. The van der Waals surface area contributed by atoms with Crippen molar-refractivity contribution in [2.75, 3.05) is 18.0 Å². The molecular weight excluding hydrogens is 414 g/mol. The predicted octanol–water partition coefficient (Wildman–Crippen LogP) is 4.44. The van der Waals surface area contributed by atoms with Crippen LogP contribution in [0.25, 0.3) is 10.2 Å². The molecule has 4 rings (SSSR count). The SMILES string of the molecule is Cc1c(C(=O)OC2CCCCC2)sc2nc(Cl)nc(N3CCCC(C(=O)O)C3)c12. The number of piperidine rings is 1. The molecule has 7 nitrogen and oxygen atoms in total. The van der Waals surface area contributed by atoms with Gasteiger partial charge in [0.05, 0.1) is 11.3 Å². The number of carbonyl (C=O) groups is 2. The van der Waals surface area contributed by atoms with Crippen molar-refractivity contribution in [1.29, 1.82) is 0 Å². The molecule has 3 heterocycles. The van der Waals surface area contributed by atoms with Crippen molar-refractivity contribution in [2.45, 2.75) is 58.0 Å². The van der Waals surface area contributed by atoms with Crippen molar-refractivity contribution >= 4 is 50.9 Å². The number of nitrogens with zero attached hydrogens (tertiary/aromatic N) is 3. The molecule has 2 aliphatic rings. The second-order valence-corrected chi connectivity index (χ2v) is 9.18. The summed E-state index contributed by atoms with van der Waals surface area (Å²) in [5.41, 5.74) is 0.773. The summed E-state index contributed by atoms with van der Waals surface area (Å²) in [5.74, 6) is -0.954. The predicted molar refractivity (Wildman–Crippen MR) is 112 cm³/mol. The highest BCUT2D eigenvalue weighted by atomic mass is 35.5. The number of aryl methyl sites for hydroxylation is 1. The molecule has 1 unspecified atom stereocenters. The van der Waals surface area contributed by atoms with Crippen molar-refractivity contribution in [1.82, 2.24) is 9.97 Å². The second kappa shape index (κ2) is 8.44. The maximum absolute atomic E-state index is 12.8. The summed E-state index contributed by atoms with van der Waals surface area (Å²) in [6.45, 7) is 2.94. The van der Waals surface area contributed by atoms with Crippen molar-refractivity contribution in [2.24, 2.45) is 5.92 Å². The third kappa shape index (κ3) is 4.19. The number of anilines is 1. The van der Waals surface area contributed by atoms with Crippen LogP contribution in [0.5, 0.6) is 0 Å². The zero-order chi connectivity index (χ0) is 20.5. The molecule has 0 radical (unpaired) electrons. The van der Waals surface area contributed by atoms with Gasteiger partial charge in [-0.1, -0.05) is 6.42 Å². The number of carboxylic acid groups (broad SMARTS) is 1. The van der Waals surface area contributed by atoms with Crippen LogP contribution in [-0.2, 0) is 9.53 Å². The number of esters is 1. The summed E-state index contributed by atoms with van der Waals surface area (Å²) in [6.07, 6.45) is 6.60. The molecule has 0 bridgehead atoms. The van der Waals surface area contributed by atoms with E-state index in [1.54, 1.807) is 0 Å². The number of carboxylic acids is 1. The molecule has 1 aliphatic heterocycles. The third-order valence-electron chi connectivity index (χ3n) is 5.83. The normalized spacial score (nSPS) is 20.8. The molecule has 2 aromatic rings. The minimum absolute atomic E-state index is 0.0200. The van der Waals surface area contributed by atoms with Gasteiger partial charge in [0.1, 0.15) is 21.6 Å². The van der Waals surface area contributed by atoms with Crippen LogP contribution in [0, 0.1) is 12.8 Å². The average molecular weight is 438 g/mol. The summed E-state index contributed by atoms with van der Waals surface area (Å²) in [7, 11) is 0. The smallest absolute Gasteiger partial charge is 0.348 e. The van der Waals surface area contributed by atoms with Crippen molar-refractivity contribution in [3.8, 4) is 0 Å². The fraction of sp³-hybridized carbons (Fsp3) is 0.600. The van der Waals surface area contributed by atoms with E-state index in [0.717, 1.165) is 43.1 Å². The molecule has 1 saturated carbocycles. The fourth-order valence-electron chi connectivity index (χ4n) is 4.27. The van der Waals surface area contributed by atoms with E-state index in [-0.39, 0.29) is 17.4 Å². The standard InChI is InChI=1S/C20H24ClN3O4S/c1-11-14-16(24-9-5-6-12(10-24)18(25)26)22-20(21)23-17(14)29-15(11)19(27)28-13-7-3-2-4-8-13/h12-13H,2-10H2,1H3,(H,25,26). The average Bonchev–Trinajstić information content (AvgIpc) is 3.04. The topological polar surface area (TPSA) is 92.6 Å². The van der Waals surface area contributed by atoms with E-state index in [9.17, 15) is 14.7 Å². The Kier molecular flexibility index (Phi) is 5.92.